The molecule has 1 aliphatic heterocycles. The lowest BCUT2D eigenvalue weighted by molar-refractivity contribution is -0.128. The average molecular weight is 470 g/mol. The van der Waals surface area contributed by atoms with E-state index in [1.807, 2.05) is 25.0 Å². The van der Waals surface area contributed by atoms with Crippen LogP contribution < -0.4 is 4.90 Å². The number of aryl methyl sites for hydroxylation is 1. The molecule has 0 atom stereocenters. The van der Waals surface area contributed by atoms with Crippen LogP contribution in [0.4, 0.5) is 5.82 Å². The minimum atomic E-state index is 0. The number of aromatic nitrogens is 4. The van der Waals surface area contributed by atoms with Gasteiger partial charge in [-0.1, -0.05) is 24.3 Å². The van der Waals surface area contributed by atoms with Gasteiger partial charge in [0.1, 0.15) is 5.69 Å². The van der Waals surface area contributed by atoms with E-state index < -0.39 is 0 Å². The number of nitrogens with zero attached hydrogens (tertiary/aromatic N) is 7. The third kappa shape index (κ3) is 5.69. The molecular formula is C24H32ClN7O. The normalized spacial score (nSPS) is 14.1. The van der Waals surface area contributed by atoms with Crippen LogP contribution in [0.2, 0.25) is 0 Å². The number of amides is 1. The van der Waals surface area contributed by atoms with Crippen molar-refractivity contribution in [2.75, 3.05) is 38.1 Å². The van der Waals surface area contributed by atoms with Gasteiger partial charge in [0.15, 0.2) is 5.82 Å². The van der Waals surface area contributed by atoms with Crippen LogP contribution in [0.15, 0.2) is 42.9 Å². The summed E-state index contributed by atoms with van der Waals surface area (Å²) in [7, 11) is 3.80. The Kier molecular flexibility index (Phi) is 8.05. The lowest BCUT2D eigenvalue weighted by Crippen LogP contribution is -2.46. The highest BCUT2D eigenvalue weighted by Crippen LogP contribution is 2.28. The summed E-state index contributed by atoms with van der Waals surface area (Å²) in [5.74, 6) is 0.987. The number of benzene rings is 1. The van der Waals surface area contributed by atoms with Crippen LogP contribution in [-0.2, 0) is 24.9 Å². The second-order valence-electron chi connectivity index (χ2n) is 8.44. The number of hydrogen-bond acceptors (Lipinski definition) is 6. The van der Waals surface area contributed by atoms with Crippen molar-refractivity contribution >= 4 is 24.1 Å². The Morgan fingerprint density at radius 1 is 1.06 bits per heavy atom. The maximum atomic E-state index is 11.5. The summed E-state index contributed by atoms with van der Waals surface area (Å²) < 4.78 is 1.93. The number of carbonyl (C=O) groups is 1. The fourth-order valence-corrected chi connectivity index (χ4v) is 3.98. The predicted molar refractivity (Wildman–Crippen MR) is 132 cm³/mol. The first kappa shape index (κ1) is 24.7. The highest BCUT2D eigenvalue weighted by Gasteiger charge is 2.22. The van der Waals surface area contributed by atoms with Crippen LogP contribution in [0, 0.1) is 6.92 Å². The van der Waals surface area contributed by atoms with E-state index in [1.54, 1.807) is 24.2 Å². The summed E-state index contributed by atoms with van der Waals surface area (Å²) in [6.07, 6.45) is 5.48. The molecule has 0 bridgehead atoms. The zero-order chi connectivity index (χ0) is 22.7. The fourth-order valence-electron chi connectivity index (χ4n) is 3.98. The van der Waals surface area contributed by atoms with Gasteiger partial charge in [-0.25, -0.2) is 4.98 Å². The molecule has 9 heteroatoms. The molecule has 0 aliphatic carbocycles. The molecule has 0 N–H and O–H groups in total. The van der Waals surface area contributed by atoms with E-state index in [9.17, 15) is 4.79 Å². The quantitative estimate of drug-likeness (QED) is 0.553. The van der Waals surface area contributed by atoms with Crippen molar-refractivity contribution in [1.29, 1.82) is 0 Å². The summed E-state index contributed by atoms with van der Waals surface area (Å²) in [4.78, 5) is 27.3. The summed E-state index contributed by atoms with van der Waals surface area (Å²) in [5.41, 5.74) is 5.54. The van der Waals surface area contributed by atoms with Gasteiger partial charge in [-0.05, 0) is 12.5 Å². The van der Waals surface area contributed by atoms with Crippen LogP contribution in [-0.4, -0.2) is 68.7 Å². The zero-order valence-electron chi connectivity index (χ0n) is 19.7. The van der Waals surface area contributed by atoms with Gasteiger partial charge in [0.2, 0.25) is 5.91 Å². The lowest BCUT2D eigenvalue weighted by Gasteiger charge is -2.35. The van der Waals surface area contributed by atoms with Crippen LogP contribution >= 0.6 is 12.4 Å². The Morgan fingerprint density at radius 3 is 2.33 bits per heavy atom. The molecule has 1 aliphatic rings. The second-order valence-corrected chi connectivity index (χ2v) is 8.44. The number of piperazine rings is 1. The molecule has 0 spiro atoms. The Hall–Kier alpha value is -2.97. The minimum absolute atomic E-state index is 0. The molecule has 3 aromatic rings. The van der Waals surface area contributed by atoms with Crippen LogP contribution in [0.5, 0.6) is 0 Å². The van der Waals surface area contributed by atoms with Gasteiger partial charge in [-0.15, -0.1) is 12.4 Å². The van der Waals surface area contributed by atoms with Crippen molar-refractivity contribution in [3.8, 4) is 11.3 Å². The molecule has 1 saturated heterocycles. The van der Waals surface area contributed by atoms with Crippen molar-refractivity contribution in [3.05, 3.63) is 59.7 Å². The Labute approximate surface area is 201 Å². The number of rotatable bonds is 6. The topological polar surface area (TPSA) is 70.4 Å². The predicted octanol–water partition coefficient (Wildman–Crippen LogP) is 2.91. The van der Waals surface area contributed by atoms with Gasteiger partial charge >= 0.3 is 0 Å². The average Bonchev–Trinajstić information content (AvgIpc) is 3.12. The molecular weight excluding hydrogens is 438 g/mol. The van der Waals surface area contributed by atoms with E-state index in [1.165, 1.54) is 11.3 Å². The van der Waals surface area contributed by atoms with Crippen molar-refractivity contribution in [2.24, 2.45) is 7.05 Å². The van der Waals surface area contributed by atoms with E-state index in [2.05, 4.69) is 56.1 Å². The largest absolute Gasteiger partial charge is 0.352 e. The third-order valence-corrected chi connectivity index (χ3v) is 6.27. The van der Waals surface area contributed by atoms with Gasteiger partial charge in [0.05, 0.1) is 6.20 Å². The maximum absolute atomic E-state index is 11.5. The van der Waals surface area contributed by atoms with Crippen molar-refractivity contribution < 1.29 is 4.79 Å². The highest BCUT2D eigenvalue weighted by molar-refractivity contribution is 5.85. The van der Waals surface area contributed by atoms with E-state index in [4.69, 9.17) is 0 Å². The smallest absolute Gasteiger partial charge is 0.219 e. The molecule has 3 heterocycles. The third-order valence-electron chi connectivity index (χ3n) is 6.27. The summed E-state index contributed by atoms with van der Waals surface area (Å²) >= 11 is 0. The molecule has 33 heavy (non-hydrogen) atoms. The lowest BCUT2D eigenvalue weighted by atomic mass is 10.1. The van der Waals surface area contributed by atoms with Crippen LogP contribution in [0.25, 0.3) is 11.3 Å². The SMILES string of the molecule is CC(=O)N(C)Cc1ccc(-c2nccnc2N2CCN(Cc3cnn(C)c3C)CC2)cc1.Cl. The molecule has 1 aromatic carbocycles. The monoisotopic (exact) mass is 469 g/mol. The Bertz CT molecular complexity index is 1070. The molecule has 0 unspecified atom stereocenters. The molecule has 176 valence electrons. The molecule has 1 fully saturated rings. The van der Waals surface area contributed by atoms with Crippen LogP contribution in [0.1, 0.15) is 23.7 Å². The Morgan fingerprint density at radius 2 is 1.73 bits per heavy atom. The molecule has 0 radical (unpaired) electrons. The van der Waals surface area contributed by atoms with Crippen molar-refractivity contribution in [1.82, 2.24) is 29.5 Å². The number of carbonyl (C=O) groups excluding carboxylic acids is 1. The van der Waals surface area contributed by atoms with Gasteiger partial charge < -0.3 is 9.80 Å². The second kappa shape index (κ2) is 10.8. The van der Waals surface area contributed by atoms with E-state index >= 15 is 0 Å². The minimum Gasteiger partial charge on any atom is -0.352 e. The molecule has 4 rings (SSSR count). The molecule has 1 amide bonds. The first-order chi connectivity index (χ1) is 15.4. The molecule has 8 nitrogen and oxygen atoms in total. The summed E-state index contributed by atoms with van der Waals surface area (Å²) in [6.45, 7) is 8.99. The highest BCUT2D eigenvalue weighted by atomic mass is 35.5. The van der Waals surface area contributed by atoms with Gasteiger partial charge in [-0.3, -0.25) is 19.4 Å². The first-order valence-electron chi connectivity index (χ1n) is 11.0. The standard InChI is InChI=1S/C24H31N7O.ClH/c1-18-22(15-27-29(18)4)17-30-11-13-31(14-12-30)24-23(25-9-10-26-24)21-7-5-20(6-8-21)16-28(3)19(2)32;/h5-10,15H,11-14,16-17H2,1-4H3;1H. The Balaban J connectivity index is 0.00000306. The van der Waals surface area contributed by atoms with E-state index in [0.717, 1.165) is 55.4 Å². The molecule has 0 saturated carbocycles. The van der Waals surface area contributed by atoms with E-state index in [0.29, 0.717) is 6.54 Å². The summed E-state index contributed by atoms with van der Waals surface area (Å²) in [6, 6.07) is 8.25. The number of halogens is 1. The van der Waals surface area contributed by atoms with Gasteiger partial charge in [0.25, 0.3) is 0 Å². The van der Waals surface area contributed by atoms with Gasteiger partial charge in [-0.2, -0.15) is 5.10 Å². The van der Waals surface area contributed by atoms with Crippen molar-refractivity contribution in [3.63, 3.8) is 0 Å². The fraction of sp³-hybridized carbons (Fsp3) is 0.417. The van der Waals surface area contributed by atoms with Gasteiger partial charge in [0, 0.05) is 89.5 Å². The summed E-state index contributed by atoms with van der Waals surface area (Å²) in [5, 5.41) is 4.36. The number of anilines is 1. The number of hydrogen-bond donors (Lipinski definition) is 0. The van der Waals surface area contributed by atoms with Crippen molar-refractivity contribution in [2.45, 2.75) is 26.9 Å². The molecule has 2 aromatic heterocycles. The zero-order valence-corrected chi connectivity index (χ0v) is 20.5. The first-order valence-corrected chi connectivity index (χ1v) is 11.0. The van der Waals surface area contributed by atoms with Crippen LogP contribution in [0.3, 0.4) is 0 Å². The maximum Gasteiger partial charge on any atom is 0.219 e. The van der Waals surface area contributed by atoms with E-state index in [-0.39, 0.29) is 18.3 Å².